The number of hydrogen-bond acceptors (Lipinski definition) is 2. The van der Waals surface area contributed by atoms with E-state index in [2.05, 4.69) is 26.3 Å². The number of rotatable bonds is 2. The SMILES string of the molecule is CNc1c(Br)cnn1-c1ccc(F)cc1. The van der Waals surface area contributed by atoms with Crippen LogP contribution in [0.5, 0.6) is 0 Å². The minimum absolute atomic E-state index is 0.254. The molecule has 0 spiro atoms. The summed E-state index contributed by atoms with van der Waals surface area (Å²) in [6, 6.07) is 6.17. The van der Waals surface area contributed by atoms with Gasteiger partial charge in [-0.15, -0.1) is 0 Å². The van der Waals surface area contributed by atoms with Gasteiger partial charge in [-0.05, 0) is 40.2 Å². The number of anilines is 1. The Bertz CT molecular complexity index is 464. The lowest BCUT2D eigenvalue weighted by molar-refractivity contribution is 0.627. The van der Waals surface area contributed by atoms with Gasteiger partial charge in [0.2, 0.25) is 0 Å². The number of halogens is 2. The van der Waals surface area contributed by atoms with E-state index in [1.165, 1.54) is 12.1 Å². The van der Waals surface area contributed by atoms with E-state index < -0.39 is 0 Å². The fourth-order valence-electron chi connectivity index (χ4n) is 1.33. The molecule has 15 heavy (non-hydrogen) atoms. The van der Waals surface area contributed by atoms with Gasteiger partial charge in [0.05, 0.1) is 16.4 Å². The summed E-state index contributed by atoms with van der Waals surface area (Å²) in [5.41, 5.74) is 0.812. The van der Waals surface area contributed by atoms with Crippen molar-refractivity contribution in [3.8, 4) is 5.69 Å². The van der Waals surface area contributed by atoms with Gasteiger partial charge in [0.1, 0.15) is 11.6 Å². The van der Waals surface area contributed by atoms with Crippen LogP contribution >= 0.6 is 15.9 Å². The molecule has 0 amide bonds. The van der Waals surface area contributed by atoms with Crippen molar-refractivity contribution in [2.75, 3.05) is 12.4 Å². The maximum atomic E-state index is 12.7. The van der Waals surface area contributed by atoms with Crippen LogP contribution in [0.2, 0.25) is 0 Å². The predicted octanol–water partition coefficient (Wildman–Crippen LogP) is 2.82. The van der Waals surface area contributed by atoms with Crippen LogP contribution in [0.3, 0.4) is 0 Å². The maximum absolute atomic E-state index is 12.7. The highest BCUT2D eigenvalue weighted by atomic mass is 79.9. The molecule has 0 radical (unpaired) electrons. The lowest BCUT2D eigenvalue weighted by atomic mass is 10.3. The van der Waals surface area contributed by atoms with Crippen LogP contribution in [-0.2, 0) is 0 Å². The summed E-state index contributed by atoms with van der Waals surface area (Å²) < 4.78 is 15.3. The minimum atomic E-state index is -0.254. The largest absolute Gasteiger partial charge is 0.372 e. The molecule has 0 saturated carbocycles. The van der Waals surface area contributed by atoms with Gasteiger partial charge in [-0.3, -0.25) is 0 Å². The first-order chi connectivity index (χ1) is 7.22. The number of nitrogens with one attached hydrogen (secondary N) is 1. The summed E-state index contributed by atoms with van der Waals surface area (Å²) in [7, 11) is 1.81. The molecule has 1 aromatic carbocycles. The molecule has 2 rings (SSSR count). The van der Waals surface area contributed by atoms with Crippen LogP contribution < -0.4 is 5.32 Å². The second-order valence-electron chi connectivity index (χ2n) is 2.98. The van der Waals surface area contributed by atoms with Crippen molar-refractivity contribution < 1.29 is 4.39 Å². The molecule has 0 aliphatic heterocycles. The van der Waals surface area contributed by atoms with Gasteiger partial charge < -0.3 is 5.32 Å². The van der Waals surface area contributed by atoms with Gasteiger partial charge in [0.25, 0.3) is 0 Å². The summed E-state index contributed by atoms with van der Waals surface area (Å²) in [5.74, 6) is 0.581. The number of hydrogen-bond donors (Lipinski definition) is 1. The van der Waals surface area contributed by atoms with E-state index in [-0.39, 0.29) is 5.82 Å². The van der Waals surface area contributed by atoms with Crippen LogP contribution in [0.1, 0.15) is 0 Å². The van der Waals surface area contributed by atoms with E-state index in [9.17, 15) is 4.39 Å². The molecular formula is C10H9BrFN3. The first-order valence-electron chi connectivity index (χ1n) is 4.39. The molecule has 0 bridgehead atoms. The van der Waals surface area contributed by atoms with Crippen LogP contribution in [0, 0.1) is 5.82 Å². The van der Waals surface area contributed by atoms with E-state index in [1.807, 2.05) is 7.05 Å². The van der Waals surface area contributed by atoms with Crippen LogP contribution in [0.15, 0.2) is 34.9 Å². The second-order valence-corrected chi connectivity index (χ2v) is 3.83. The summed E-state index contributed by atoms with van der Waals surface area (Å²) in [6.45, 7) is 0. The highest BCUT2D eigenvalue weighted by Crippen LogP contribution is 2.24. The van der Waals surface area contributed by atoms with Crippen molar-refractivity contribution in [3.05, 3.63) is 40.8 Å². The normalized spacial score (nSPS) is 10.3. The molecule has 2 aromatic rings. The molecule has 0 saturated heterocycles. The van der Waals surface area contributed by atoms with Crippen molar-refractivity contribution in [1.29, 1.82) is 0 Å². The first-order valence-corrected chi connectivity index (χ1v) is 5.19. The van der Waals surface area contributed by atoms with E-state index in [0.29, 0.717) is 0 Å². The lowest BCUT2D eigenvalue weighted by Gasteiger charge is -2.06. The lowest BCUT2D eigenvalue weighted by Crippen LogP contribution is -2.02. The van der Waals surface area contributed by atoms with Gasteiger partial charge in [-0.1, -0.05) is 0 Å². The third-order valence-corrected chi connectivity index (χ3v) is 2.61. The zero-order chi connectivity index (χ0) is 10.8. The van der Waals surface area contributed by atoms with E-state index in [1.54, 1.807) is 23.0 Å². The van der Waals surface area contributed by atoms with Crippen LogP contribution in [0.4, 0.5) is 10.2 Å². The van der Waals surface area contributed by atoms with Crippen molar-refractivity contribution in [1.82, 2.24) is 9.78 Å². The number of nitrogens with zero attached hydrogens (tertiary/aromatic N) is 2. The smallest absolute Gasteiger partial charge is 0.143 e. The van der Waals surface area contributed by atoms with Crippen molar-refractivity contribution in [2.45, 2.75) is 0 Å². The highest BCUT2D eigenvalue weighted by molar-refractivity contribution is 9.10. The minimum Gasteiger partial charge on any atom is -0.372 e. The Balaban J connectivity index is 2.49. The Hall–Kier alpha value is -1.36. The summed E-state index contributed by atoms with van der Waals surface area (Å²) in [6.07, 6.45) is 1.69. The quantitative estimate of drug-likeness (QED) is 0.909. The molecule has 3 nitrogen and oxygen atoms in total. The maximum Gasteiger partial charge on any atom is 0.143 e. The topological polar surface area (TPSA) is 29.9 Å². The molecule has 0 atom stereocenters. The fraction of sp³-hybridized carbons (Fsp3) is 0.100. The van der Waals surface area contributed by atoms with E-state index >= 15 is 0 Å². The van der Waals surface area contributed by atoms with Gasteiger partial charge in [-0.2, -0.15) is 5.10 Å². The van der Waals surface area contributed by atoms with Crippen molar-refractivity contribution in [3.63, 3.8) is 0 Å². The molecule has 78 valence electrons. The predicted molar refractivity (Wildman–Crippen MR) is 60.8 cm³/mol. The summed E-state index contributed by atoms with van der Waals surface area (Å²) >= 11 is 3.37. The van der Waals surface area contributed by atoms with Crippen LogP contribution in [-0.4, -0.2) is 16.8 Å². The molecule has 0 fully saturated rings. The van der Waals surface area contributed by atoms with E-state index in [4.69, 9.17) is 0 Å². The van der Waals surface area contributed by atoms with Gasteiger partial charge in [-0.25, -0.2) is 9.07 Å². The molecule has 1 N–H and O–H groups in total. The Morgan fingerprint density at radius 3 is 2.60 bits per heavy atom. The number of aromatic nitrogens is 2. The van der Waals surface area contributed by atoms with E-state index in [0.717, 1.165) is 16.0 Å². The average Bonchev–Trinajstić information content (AvgIpc) is 2.61. The summed E-state index contributed by atoms with van der Waals surface area (Å²) in [4.78, 5) is 0. The highest BCUT2D eigenvalue weighted by Gasteiger charge is 2.08. The number of benzene rings is 1. The molecule has 1 heterocycles. The van der Waals surface area contributed by atoms with Gasteiger partial charge in [0, 0.05) is 7.05 Å². The first kappa shape index (κ1) is 10.2. The van der Waals surface area contributed by atoms with Crippen molar-refractivity contribution in [2.24, 2.45) is 0 Å². The average molecular weight is 270 g/mol. The third kappa shape index (κ3) is 1.87. The Morgan fingerprint density at radius 2 is 2.00 bits per heavy atom. The monoisotopic (exact) mass is 269 g/mol. The molecule has 0 aliphatic carbocycles. The molecule has 5 heteroatoms. The van der Waals surface area contributed by atoms with Crippen molar-refractivity contribution >= 4 is 21.7 Å². The Kier molecular flexibility index (Phi) is 2.73. The third-order valence-electron chi connectivity index (χ3n) is 2.03. The zero-order valence-electron chi connectivity index (χ0n) is 8.04. The van der Waals surface area contributed by atoms with Gasteiger partial charge >= 0.3 is 0 Å². The zero-order valence-corrected chi connectivity index (χ0v) is 9.62. The molecule has 0 aliphatic rings. The van der Waals surface area contributed by atoms with Crippen LogP contribution in [0.25, 0.3) is 5.69 Å². The Morgan fingerprint density at radius 1 is 1.33 bits per heavy atom. The summed E-state index contributed by atoms with van der Waals surface area (Å²) in [5, 5.41) is 7.19. The molecule has 1 aromatic heterocycles. The molecular weight excluding hydrogens is 261 g/mol. The standard InChI is InChI=1S/C10H9BrFN3/c1-13-10-9(11)6-14-15(10)8-4-2-7(12)3-5-8/h2-6,13H,1H3. The van der Waals surface area contributed by atoms with Gasteiger partial charge in [0.15, 0.2) is 0 Å². The second kappa shape index (κ2) is 4.02. The Labute approximate surface area is 95.0 Å². The molecule has 0 unspecified atom stereocenters. The fourth-order valence-corrected chi connectivity index (χ4v) is 1.79.